The minimum Gasteiger partial charge on any atom is -0.481 e. The first kappa shape index (κ1) is 13.6. The summed E-state index contributed by atoms with van der Waals surface area (Å²) in [5, 5.41) is 11.9. The molecule has 0 aromatic rings. The van der Waals surface area contributed by atoms with Crippen LogP contribution in [0.25, 0.3) is 0 Å². The Labute approximate surface area is 87.5 Å². The van der Waals surface area contributed by atoms with Gasteiger partial charge in [0.05, 0.1) is 5.41 Å². The zero-order valence-corrected chi connectivity index (χ0v) is 9.98. The molecule has 0 heterocycles. The number of nitrogens with one attached hydrogen (secondary N) is 1. The molecule has 4 nitrogen and oxygen atoms in total. The normalized spacial score (nSPS) is 16.3. The van der Waals surface area contributed by atoms with E-state index in [1.807, 2.05) is 6.92 Å². The molecule has 0 saturated heterocycles. The summed E-state index contributed by atoms with van der Waals surface area (Å²) in [6.45, 7) is 5.62. The number of hydrogen-bond donors (Lipinski definition) is 2. The lowest BCUT2D eigenvalue weighted by molar-refractivity contribution is -0.146. The Kier molecular flexibility index (Phi) is 5.29. The van der Waals surface area contributed by atoms with E-state index < -0.39 is 22.2 Å². The number of aliphatic carboxylic acids is 1. The number of carboxylic acid groups (broad SMARTS) is 1. The maximum Gasteiger partial charge on any atom is 0.310 e. The van der Waals surface area contributed by atoms with Gasteiger partial charge in [-0.25, -0.2) is 0 Å². The van der Waals surface area contributed by atoms with Crippen LogP contribution < -0.4 is 5.32 Å². The quantitative estimate of drug-likeness (QED) is 0.683. The van der Waals surface area contributed by atoms with Crippen molar-refractivity contribution in [3.63, 3.8) is 0 Å². The molecular formula is C9H19NO3S. The van der Waals surface area contributed by atoms with E-state index in [9.17, 15) is 9.00 Å². The maximum absolute atomic E-state index is 10.9. The molecule has 0 rings (SSSR count). The van der Waals surface area contributed by atoms with Crippen molar-refractivity contribution >= 4 is 16.8 Å². The van der Waals surface area contributed by atoms with Gasteiger partial charge >= 0.3 is 5.97 Å². The molecule has 84 valence electrons. The van der Waals surface area contributed by atoms with Crippen LogP contribution in [0.15, 0.2) is 0 Å². The van der Waals surface area contributed by atoms with E-state index in [-0.39, 0.29) is 6.04 Å². The molecule has 14 heavy (non-hydrogen) atoms. The van der Waals surface area contributed by atoms with Crippen LogP contribution in [0.1, 0.15) is 20.8 Å². The molecule has 5 heteroatoms. The highest BCUT2D eigenvalue weighted by atomic mass is 32.2. The molecule has 0 aromatic heterocycles. The number of hydrogen-bond acceptors (Lipinski definition) is 3. The minimum absolute atomic E-state index is 0.0828. The Bertz CT molecular complexity index is 228. The fourth-order valence-electron chi connectivity index (χ4n) is 0.916. The Morgan fingerprint density at radius 1 is 1.57 bits per heavy atom. The van der Waals surface area contributed by atoms with Crippen molar-refractivity contribution in [2.45, 2.75) is 26.8 Å². The Hall–Kier alpha value is -0.420. The summed E-state index contributed by atoms with van der Waals surface area (Å²) in [4.78, 5) is 10.8. The lowest BCUT2D eigenvalue weighted by Crippen LogP contribution is -2.41. The van der Waals surface area contributed by atoms with E-state index in [0.717, 1.165) is 0 Å². The fraction of sp³-hybridized carbons (Fsp3) is 0.889. The maximum atomic E-state index is 10.9. The van der Waals surface area contributed by atoms with Gasteiger partial charge in [0.15, 0.2) is 0 Å². The summed E-state index contributed by atoms with van der Waals surface area (Å²) in [6.07, 6.45) is 1.64. The topological polar surface area (TPSA) is 66.4 Å². The third-order valence-corrected chi connectivity index (χ3v) is 2.93. The van der Waals surface area contributed by atoms with Gasteiger partial charge in [0, 0.05) is 35.4 Å². The molecule has 0 fully saturated rings. The van der Waals surface area contributed by atoms with E-state index in [4.69, 9.17) is 5.11 Å². The van der Waals surface area contributed by atoms with Crippen LogP contribution in [0.3, 0.4) is 0 Å². The summed E-state index contributed by atoms with van der Waals surface area (Å²) in [5.74, 6) is -0.273. The number of carbonyl (C=O) groups is 1. The van der Waals surface area contributed by atoms with Crippen molar-refractivity contribution in [2.24, 2.45) is 5.41 Å². The molecule has 0 aliphatic carbocycles. The SMILES string of the molecule is CC(CS(C)=O)NCC(C)(C)C(=O)O. The van der Waals surface area contributed by atoms with Gasteiger partial charge in [-0.05, 0) is 20.8 Å². The first-order valence-electron chi connectivity index (χ1n) is 4.52. The van der Waals surface area contributed by atoms with Gasteiger partial charge in [-0.3, -0.25) is 9.00 Å². The molecule has 0 spiro atoms. The third kappa shape index (κ3) is 5.34. The first-order valence-corrected chi connectivity index (χ1v) is 6.25. The lowest BCUT2D eigenvalue weighted by Gasteiger charge is -2.22. The molecule has 0 aliphatic heterocycles. The summed E-state index contributed by atoms with van der Waals surface area (Å²) >= 11 is 0. The van der Waals surface area contributed by atoms with E-state index in [0.29, 0.717) is 12.3 Å². The molecular weight excluding hydrogens is 202 g/mol. The van der Waals surface area contributed by atoms with E-state index in [1.165, 1.54) is 0 Å². The molecule has 2 N–H and O–H groups in total. The third-order valence-electron chi connectivity index (χ3n) is 1.96. The van der Waals surface area contributed by atoms with Gasteiger partial charge in [0.1, 0.15) is 0 Å². The van der Waals surface area contributed by atoms with E-state index >= 15 is 0 Å². The molecule has 0 bridgehead atoms. The summed E-state index contributed by atoms with van der Waals surface area (Å²) in [7, 11) is -0.845. The van der Waals surface area contributed by atoms with Crippen molar-refractivity contribution in [3.8, 4) is 0 Å². The smallest absolute Gasteiger partial charge is 0.310 e. The highest BCUT2D eigenvalue weighted by molar-refractivity contribution is 7.84. The van der Waals surface area contributed by atoms with Crippen LogP contribution in [0, 0.1) is 5.41 Å². The zero-order chi connectivity index (χ0) is 11.4. The average Bonchev–Trinajstić information content (AvgIpc) is 1.99. The predicted octanol–water partition coefficient (Wildman–Crippen LogP) is 0.454. The highest BCUT2D eigenvalue weighted by Crippen LogP contribution is 2.13. The Balaban J connectivity index is 3.93. The van der Waals surface area contributed by atoms with Crippen LogP contribution in [0.2, 0.25) is 0 Å². The zero-order valence-electron chi connectivity index (χ0n) is 9.16. The van der Waals surface area contributed by atoms with E-state index in [2.05, 4.69) is 5.32 Å². The second kappa shape index (κ2) is 5.46. The van der Waals surface area contributed by atoms with Crippen LogP contribution >= 0.6 is 0 Å². The Morgan fingerprint density at radius 3 is 2.43 bits per heavy atom. The van der Waals surface area contributed by atoms with E-state index in [1.54, 1.807) is 20.1 Å². The molecule has 2 atom stereocenters. The highest BCUT2D eigenvalue weighted by Gasteiger charge is 2.27. The van der Waals surface area contributed by atoms with Gasteiger partial charge in [0.2, 0.25) is 0 Å². The second-order valence-corrected chi connectivity index (χ2v) is 5.69. The van der Waals surface area contributed by atoms with Crippen LogP contribution in [-0.4, -0.2) is 39.9 Å². The van der Waals surface area contributed by atoms with Crippen LogP contribution in [0.5, 0.6) is 0 Å². The van der Waals surface area contributed by atoms with Crippen molar-refractivity contribution in [3.05, 3.63) is 0 Å². The predicted molar refractivity (Wildman–Crippen MR) is 57.8 cm³/mol. The molecule has 2 unspecified atom stereocenters. The first-order chi connectivity index (χ1) is 6.25. The van der Waals surface area contributed by atoms with Gasteiger partial charge < -0.3 is 10.4 Å². The van der Waals surface area contributed by atoms with Crippen LogP contribution in [0.4, 0.5) is 0 Å². The monoisotopic (exact) mass is 221 g/mol. The molecule has 0 radical (unpaired) electrons. The van der Waals surface area contributed by atoms with Crippen molar-refractivity contribution in [1.29, 1.82) is 0 Å². The number of carboxylic acids is 1. The van der Waals surface area contributed by atoms with Gasteiger partial charge in [-0.2, -0.15) is 0 Å². The largest absolute Gasteiger partial charge is 0.481 e. The summed E-state index contributed by atoms with van der Waals surface area (Å²) in [6, 6.07) is 0.0828. The standard InChI is InChI=1S/C9H19NO3S/c1-7(5-14(4)13)10-6-9(2,3)8(11)12/h7,10H,5-6H2,1-4H3,(H,11,12). The summed E-state index contributed by atoms with van der Waals surface area (Å²) < 4.78 is 10.9. The molecule has 0 aromatic carbocycles. The average molecular weight is 221 g/mol. The number of rotatable bonds is 6. The second-order valence-electron chi connectivity index (χ2n) is 4.21. The lowest BCUT2D eigenvalue weighted by atomic mass is 9.94. The van der Waals surface area contributed by atoms with Gasteiger partial charge in [-0.1, -0.05) is 0 Å². The molecule has 0 saturated carbocycles. The molecule has 0 amide bonds. The van der Waals surface area contributed by atoms with Gasteiger partial charge in [-0.15, -0.1) is 0 Å². The van der Waals surface area contributed by atoms with Crippen molar-refractivity contribution in [1.82, 2.24) is 5.32 Å². The molecule has 0 aliphatic rings. The van der Waals surface area contributed by atoms with Crippen molar-refractivity contribution < 1.29 is 14.1 Å². The van der Waals surface area contributed by atoms with Crippen molar-refractivity contribution in [2.75, 3.05) is 18.6 Å². The summed E-state index contributed by atoms with van der Waals surface area (Å²) in [5.41, 5.74) is -0.774. The minimum atomic E-state index is -0.845. The Morgan fingerprint density at radius 2 is 2.07 bits per heavy atom. The fourth-order valence-corrected chi connectivity index (χ4v) is 1.74. The van der Waals surface area contributed by atoms with Gasteiger partial charge in [0.25, 0.3) is 0 Å². The van der Waals surface area contributed by atoms with Crippen LogP contribution in [-0.2, 0) is 15.6 Å².